The number of aliphatic carboxylic acids is 1. The van der Waals surface area contributed by atoms with Crippen molar-refractivity contribution in [1.29, 1.82) is 0 Å². The number of phenolic OH excluding ortho intramolecular Hbond substituents is 1. The Kier molecular flexibility index (Phi) is 16.1. The average Bonchev–Trinajstić information content (AvgIpc) is 3.84. The molecule has 2 aromatic rings. The van der Waals surface area contributed by atoms with Crippen molar-refractivity contribution in [1.82, 2.24) is 41.5 Å². The minimum atomic E-state index is -1.24. The van der Waals surface area contributed by atoms with Crippen molar-refractivity contribution >= 4 is 41.4 Å². The number of nitrogens with two attached hydrogens (primary N) is 1. The molecule has 0 radical (unpaired) electrons. The van der Waals surface area contributed by atoms with Gasteiger partial charge in [-0.25, -0.2) is 9.78 Å². The van der Waals surface area contributed by atoms with Gasteiger partial charge in [-0.05, 0) is 48.3 Å². The summed E-state index contributed by atoms with van der Waals surface area (Å²) in [5, 5.41) is 32.7. The summed E-state index contributed by atoms with van der Waals surface area (Å²) in [4.78, 5) is 101. The maximum atomic E-state index is 14.2. The number of nitrogens with zero attached hydrogens (tertiary/aromatic N) is 2. The first-order valence-electron chi connectivity index (χ1n) is 18.4. The number of H-pyrrole nitrogens is 1. The molecule has 1 aromatic heterocycles. The lowest BCUT2D eigenvalue weighted by atomic mass is 9.98. The third kappa shape index (κ3) is 12.5. The van der Waals surface area contributed by atoms with Gasteiger partial charge in [0.1, 0.15) is 42.0 Å². The van der Waals surface area contributed by atoms with Crippen LogP contribution < -0.4 is 32.3 Å². The van der Waals surface area contributed by atoms with Crippen molar-refractivity contribution in [3.8, 4) is 5.75 Å². The fourth-order valence-electron chi connectivity index (χ4n) is 6.24. The number of amides is 6. The summed E-state index contributed by atoms with van der Waals surface area (Å²) in [7, 11) is 0. The van der Waals surface area contributed by atoms with Gasteiger partial charge in [-0.1, -0.05) is 53.7 Å². The third-order valence-corrected chi connectivity index (χ3v) is 9.37. The number of aromatic hydroxyl groups is 1. The van der Waals surface area contributed by atoms with Crippen LogP contribution in [0.2, 0.25) is 0 Å². The lowest BCUT2D eigenvalue weighted by molar-refractivity contribution is -0.146. The van der Waals surface area contributed by atoms with Gasteiger partial charge in [-0.15, -0.1) is 0 Å². The number of rotatable bonds is 19. The number of carboxylic acids is 1. The molecule has 0 bridgehead atoms. The summed E-state index contributed by atoms with van der Waals surface area (Å²) in [6.45, 7) is 9.97. The van der Waals surface area contributed by atoms with Crippen LogP contribution in [0.1, 0.15) is 65.6 Å². The molecule has 0 unspecified atom stereocenters. The smallest absolute Gasteiger partial charge is 0.326 e. The zero-order valence-electron chi connectivity index (χ0n) is 32.1. The predicted octanol–water partition coefficient (Wildman–Crippen LogP) is -0.673. The van der Waals surface area contributed by atoms with E-state index in [2.05, 4.69) is 36.6 Å². The van der Waals surface area contributed by atoms with Crippen LogP contribution in [0.4, 0.5) is 0 Å². The van der Waals surface area contributed by atoms with Gasteiger partial charge in [-0.2, -0.15) is 0 Å². The van der Waals surface area contributed by atoms with Crippen molar-refractivity contribution in [2.45, 2.75) is 103 Å². The monoisotopic (exact) mass is 769 g/mol. The van der Waals surface area contributed by atoms with Crippen LogP contribution in [-0.4, -0.2) is 116 Å². The van der Waals surface area contributed by atoms with Crippen molar-refractivity contribution in [2.75, 3.05) is 13.1 Å². The number of carbonyl (C=O) groups excluding carboxylic acids is 6. The molecule has 6 atom stereocenters. The van der Waals surface area contributed by atoms with E-state index in [1.165, 1.54) is 29.6 Å². The molecular formula is C37H55N9O9. The average molecular weight is 770 g/mol. The zero-order valence-corrected chi connectivity index (χ0v) is 32.1. The van der Waals surface area contributed by atoms with Crippen molar-refractivity contribution in [3.63, 3.8) is 0 Å². The van der Waals surface area contributed by atoms with Crippen LogP contribution in [0.5, 0.6) is 5.75 Å². The quantitative estimate of drug-likeness (QED) is 0.0864. The second kappa shape index (κ2) is 20.2. The van der Waals surface area contributed by atoms with Gasteiger partial charge in [0, 0.05) is 31.3 Å². The van der Waals surface area contributed by atoms with E-state index in [0.717, 1.165) is 0 Å². The first kappa shape index (κ1) is 43.9. The van der Waals surface area contributed by atoms with E-state index in [9.17, 15) is 43.8 Å². The number of likely N-dealkylation sites (tertiary alicyclic amines) is 1. The van der Waals surface area contributed by atoms with Gasteiger partial charge in [0.2, 0.25) is 35.4 Å². The number of hydrogen-bond donors (Lipinski definition) is 9. The molecule has 1 saturated heterocycles. The lowest BCUT2D eigenvalue weighted by Gasteiger charge is -2.31. The van der Waals surface area contributed by atoms with Crippen LogP contribution in [0.3, 0.4) is 0 Å². The number of carbonyl (C=O) groups is 7. The fourth-order valence-corrected chi connectivity index (χ4v) is 6.24. The zero-order chi connectivity index (χ0) is 41.0. The minimum Gasteiger partial charge on any atom is -0.508 e. The van der Waals surface area contributed by atoms with Crippen LogP contribution in [0.25, 0.3) is 0 Å². The van der Waals surface area contributed by atoms with Crippen molar-refractivity contribution in [3.05, 3.63) is 48.0 Å². The SMILES string of the molecule is CC(C)[C@H](NC(=O)[C@@H]1CCCN1C(=O)[C@H](Cc1cnc[nH]1)NC(=O)[C@@H](NC(=O)[C@H](Cc1ccc(O)cc1)NC(=O)[C@@H](NC(=O)CN)C(C)C)C(C)C)C(=O)O. The number of aromatic amines is 1. The van der Waals surface area contributed by atoms with E-state index in [1.807, 2.05) is 0 Å². The Hall–Kier alpha value is -5.52. The standard InChI is InChI=1S/C37H55N9O9/c1-19(2)29(43-28(48)16-38)34(51)41-25(14-22-9-11-24(47)12-10-22)32(49)44-30(20(3)4)35(52)42-26(15-23-17-39-18-40-23)36(53)46-13-7-8-27(46)33(50)45-31(21(5)6)37(54)55/h9-12,17-21,25-27,29-31,47H,7-8,13-16,38H2,1-6H3,(H,39,40)(H,41,51)(H,42,52)(H,43,48)(H,44,49)(H,45,50)(H,54,55)/t25-,26-,27-,29-,30-,31-/m0/s1. The largest absolute Gasteiger partial charge is 0.508 e. The van der Waals surface area contributed by atoms with E-state index in [-0.39, 0.29) is 37.6 Å². The molecule has 6 amide bonds. The molecule has 55 heavy (non-hydrogen) atoms. The second-order valence-corrected chi connectivity index (χ2v) is 14.8. The summed E-state index contributed by atoms with van der Waals surface area (Å²) in [5.41, 5.74) is 6.53. The summed E-state index contributed by atoms with van der Waals surface area (Å²) in [5.74, 6) is -6.36. The summed E-state index contributed by atoms with van der Waals surface area (Å²) in [6.07, 6.45) is 3.58. The number of carboxylic acid groups (broad SMARTS) is 1. The van der Waals surface area contributed by atoms with Crippen LogP contribution in [0, 0.1) is 17.8 Å². The molecule has 1 aliphatic heterocycles. The van der Waals surface area contributed by atoms with Gasteiger partial charge in [0.05, 0.1) is 12.9 Å². The first-order valence-corrected chi connectivity index (χ1v) is 18.4. The highest BCUT2D eigenvalue weighted by Crippen LogP contribution is 2.21. The van der Waals surface area contributed by atoms with E-state index < -0.39 is 89.5 Å². The molecule has 18 heteroatoms. The second-order valence-electron chi connectivity index (χ2n) is 14.8. The van der Waals surface area contributed by atoms with E-state index in [0.29, 0.717) is 24.1 Å². The van der Waals surface area contributed by atoms with E-state index in [4.69, 9.17) is 5.73 Å². The highest BCUT2D eigenvalue weighted by Gasteiger charge is 2.40. The molecule has 2 heterocycles. The number of aromatic nitrogens is 2. The predicted molar refractivity (Wildman–Crippen MR) is 200 cm³/mol. The number of nitrogens with one attached hydrogen (secondary N) is 6. The molecule has 10 N–H and O–H groups in total. The van der Waals surface area contributed by atoms with Gasteiger partial charge >= 0.3 is 5.97 Å². The molecule has 18 nitrogen and oxygen atoms in total. The molecule has 0 spiro atoms. The van der Waals surface area contributed by atoms with Crippen LogP contribution in [0.15, 0.2) is 36.8 Å². The van der Waals surface area contributed by atoms with Crippen LogP contribution in [-0.2, 0) is 46.4 Å². The maximum Gasteiger partial charge on any atom is 0.326 e. The fraction of sp³-hybridized carbons (Fsp3) is 0.568. The number of hydrogen-bond acceptors (Lipinski definition) is 10. The normalized spacial score (nSPS) is 16.8. The summed E-state index contributed by atoms with van der Waals surface area (Å²) in [6, 6.07) is -0.820. The molecule has 0 aliphatic carbocycles. The Balaban J connectivity index is 1.87. The number of phenols is 1. The highest BCUT2D eigenvalue weighted by atomic mass is 16.4. The molecule has 302 valence electrons. The third-order valence-electron chi connectivity index (χ3n) is 9.37. The molecule has 0 saturated carbocycles. The van der Waals surface area contributed by atoms with Crippen molar-refractivity contribution < 1.29 is 43.8 Å². The summed E-state index contributed by atoms with van der Waals surface area (Å²) >= 11 is 0. The summed E-state index contributed by atoms with van der Waals surface area (Å²) < 4.78 is 0. The molecule has 3 rings (SSSR count). The highest BCUT2D eigenvalue weighted by molar-refractivity contribution is 5.97. The molecule has 1 aliphatic rings. The topological polar surface area (TPSA) is 278 Å². The Morgan fingerprint density at radius 2 is 1.38 bits per heavy atom. The van der Waals surface area contributed by atoms with Gasteiger partial charge in [0.25, 0.3) is 0 Å². The lowest BCUT2D eigenvalue weighted by Crippen LogP contribution is -2.61. The van der Waals surface area contributed by atoms with Gasteiger partial charge in [-0.3, -0.25) is 28.8 Å². The Morgan fingerprint density at radius 1 is 0.800 bits per heavy atom. The molecule has 1 fully saturated rings. The molecule has 1 aromatic carbocycles. The first-order chi connectivity index (χ1) is 25.9. The van der Waals surface area contributed by atoms with E-state index in [1.54, 1.807) is 53.7 Å². The van der Waals surface area contributed by atoms with Crippen LogP contribution >= 0.6 is 0 Å². The number of imidazole rings is 1. The number of benzene rings is 1. The van der Waals surface area contributed by atoms with Gasteiger partial charge in [0.15, 0.2) is 0 Å². The van der Waals surface area contributed by atoms with Gasteiger partial charge < -0.3 is 52.4 Å². The Morgan fingerprint density at radius 3 is 1.91 bits per heavy atom. The molecular weight excluding hydrogens is 714 g/mol. The maximum absolute atomic E-state index is 14.2. The van der Waals surface area contributed by atoms with Crippen molar-refractivity contribution in [2.24, 2.45) is 23.5 Å². The Bertz CT molecular complexity index is 1650. The minimum absolute atomic E-state index is 0.00479. The van der Waals surface area contributed by atoms with E-state index >= 15 is 0 Å². The Labute approximate surface area is 320 Å².